The third-order valence-corrected chi connectivity index (χ3v) is 3.03. The third-order valence-electron chi connectivity index (χ3n) is 2.31. The van der Waals surface area contributed by atoms with E-state index in [0.29, 0.717) is 6.04 Å². The van der Waals surface area contributed by atoms with Crippen molar-refractivity contribution in [3.63, 3.8) is 0 Å². The maximum absolute atomic E-state index is 10.9. The van der Waals surface area contributed by atoms with E-state index < -0.39 is 0 Å². The summed E-state index contributed by atoms with van der Waals surface area (Å²) in [6.45, 7) is 2.40. The van der Waals surface area contributed by atoms with Crippen LogP contribution < -0.4 is 10.2 Å². The maximum atomic E-state index is 10.9. The van der Waals surface area contributed by atoms with Crippen molar-refractivity contribution in [2.45, 2.75) is 25.4 Å². The van der Waals surface area contributed by atoms with Crippen molar-refractivity contribution in [1.29, 1.82) is 0 Å². The summed E-state index contributed by atoms with van der Waals surface area (Å²) in [5.74, 6) is 0. The van der Waals surface area contributed by atoms with Gasteiger partial charge in [-0.1, -0.05) is 11.3 Å². The van der Waals surface area contributed by atoms with Crippen LogP contribution in [0.15, 0.2) is 10.2 Å². The predicted octanol–water partition coefficient (Wildman–Crippen LogP) is 0.705. The van der Waals surface area contributed by atoms with Gasteiger partial charge in [-0.05, 0) is 12.8 Å². The van der Waals surface area contributed by atoms with Crippen molar-refractivity contribution in [3.8, 4) is 0 Å². The van der Waals surface area contributed by atoms with Crippen LogP contribution >= 0.6 is 11.3 Å². The Balaban J connectivity index is 1.78. The Morgan fingerprint density at radius 2 is 2.64 bits per heavy atom. The quantitative estimate of drug-likeness (QED) is 0.779. The second-order valence-electron chi connectivity index (χ2n) is 3.47. The standard InChI is InChI=1S/C9H14N2O2S/c12-9-11-8(6-14-9)4-10-7-2-1-3-13-5-7/h6-7,10H,1-5H2,(H,11,12). The monoisotopic (exact) mass is 214 g/mol. The number of nitrogens with one attached hydrogen (secondary N) is 2. The molecule has 1 saturated heterocycles. The maximum Gasteiger partial charge on any atom is 0.304 e. The Bertz CT molecular complexity index is 328. The molecule has 5 heteroatoms. The minimum absolute atomic E-state index is 0.0155. The lowest BCUT2D eigenvalue weighted by Crippen LogP contribution is -2.36. The molecule has 2 heterocycles. The summed E-state index contributed by atoms with van der Waals surface area (Å²) in [4.78, 5) is 13.6. The van der Waals surface area contributed by atoms with Crippen LogP contribution in [0.5, 0.6) is 0 Å². The molecule has 1 aliphatic heterocycles. The first-order valence-electron chi connectivity index (χ1n) is 4.82. The fraction of sp³-hybridized carbons (Fsp3) is 0.667. The van der Waals surface area contributed by atoms with Gasteiger partial charge in [-0.3, -0.25) is 4.79 Å². The molecule has 0 radical (unpaired) electrons. The average Bonchev–Trinajstić information content (AvgIpc) is 2.63. The van der Waals surface area contributed by atoms with Gasteiger partial charge < -0.3 is 15.0 Å². The molecule has 1 atom stereocenters. The number of ether oxygens (including phenoxy) is 1. The van der Waals surface area contributed by atoms with Crippen LogP contribution in [0.3, 0.4) is 0 Å². The van der Waals surface area contributed by atoms with Crippen LogP contribution in [0.2, 0.25) is 0 Å². The van der Waals surface area contributed by atoms with E-state index in [9.17, 15) is 4.79 Å². The Kier molecular flexibility index (Phi) is 3.34. The number of rotatable bonds is 3. The van der Waals surface area contributed by atoms with Gasteiger partial charge in [-0.15, -0.1) is 0 Å². The highest BCUT2D eigenvalue weighted by atomic mass is 32.1. The topological polar surface area (TPSA) is 54.1 Å². The first-order chi connectivity index (χ1) is 6.84. The highest BCUT2D eigenvalue weighted by molar-refractivity contribution is 7.07. The molecule has 2 N–H and O–H groups in total. The van der Waals surface area contributed by atoms with Crippen molar-refractivity contribution in [1.82, 2.24) is 10.3 Å². The summed E-state index contributed by atoms with van der Waals surface area (Å²) >= 11 is 1.21. The second kappa shape index (κ2) is 4.72. The Morgan fingerprint density at radius 1 is 1.71 bits per heavy atom. The zero-order chi connectivity index (χ0) is 9.80. The molecule has 0 amide bonds. The first kappa shape index (κ1) is 9.89. The smallest absolute Gasteiger partial charge is 0.304 e. The molecule has 2 rings (SSSR count). The van der Waals surface area contributed by atoms with Crippen molar-refractivity contribution >= 4 is 11.3 Å². The van der Waals surface area contributed by atoms with E-state index in [-0.39, 0.29) is 4.87 Å². The van der Waals surface area contributed by atoms with Crippen LogP contribution in [-0.2, 0) is 11.3 Å². The van der Waals surface area contributed by atoms with Crippen molar-refractivity contribution in [2.75, 3.05) is 13.2 Å². The molecule has 0 spiro atoms. The van der Waals surface area contributed by atoms with Crippen LogP contribution in [0.1, 0.15) is 18.5 Å². The van der Waals surface area contributed by atoms with Gasteiger partial charge in [0.05, 0.1) is 6.61 Å². The highest BCUT2D eigenvalue weighted by Gasteiger charge is 2.12. The molecule has 0 aliphatic carbocycles. The second-order valence-corrected chi connectivity index (χ2v) is 4.31. The van der Waals surface area contributed by atoms with Gasteiger partial charge in [0.1, 0.15) is 0 Å². The van der Waals surface area contributed by atoms with E-state index in [1.54, 1.807) is 0 Å². The Labute approximate surface area is 86.3 Å². The number of aromatic nitrogens is 1. The lowest BCUT2D eigenvalue weighted by atomic mass is 10.1. The summed E-state index contributed by atoms with van der Waals surface area (Å²) in [6, 6.07) is 0.437. The summed E-state index contributed by atoms with van der Waals surface area (Å²) in [5.41, 5.74) is 0.963. The van der Waals surface area contributed by atoms with Crippen LogP contribution in [0, 0.1) is 0 Å². The van der Waals surface area contributed by atoms with Gasteiger partial charge in [0.15, 0.2) is 0 Å². The molecule has 1 unspecified atom stereocenters. The summed E-state index contributed by atoms with van der Waals surface area (Å²) in [6.07, 6.45) is 2.28. The highest BCUT2D eigenvalue weighted by Crippen LogP contribution is 2.06. The average molecular weight is 214 g/mol. The lowest BCUT2D eigenvalue weighted by Gasteiger charge is -2.22. The van der Waals surface area contributed by atoms with Crippen LogP contribution in [0.4, 0.5) is 0 Å². The van der Waals surface area contributed by atoms with Gasteiger partial charge in [0, 0.05) is 30.3 Å². The van der Waals surface area contributed by atoms with E-state index in [0.717, 1.165) is 38.3 Å². The van der Waals surface area contributed by atoms with E-state index in [1.165, 1.54) is 11.3 Å². The minimum Gasteiger partial charge on any atom is -0.380 e. The molecule has 1 aromatic rings. The van der Waals surface area contributed by atoms with Crippen molar-refractivity contribution < 1.29 is 4.74 Å². The zero-order valence-electron chi connectivity index (χ0n) is 7.91. The minimum atomic E-state index is 0.0155. The van der Waals surface area contributed by atoms with Crippen molar-refractivity contribution in [3.05, 3.63) is 20.7 Å². The summed E-state index contributed by atoms with van der Waals surface area (Å²) in [5, 5.41) is 5.22. The predicted molar refractivity (Wildman–Crippen MR) is 55.6 cm³/mol. The molecule has 1 aliphatic rings. The largest absolute Gasteiger partial charge is 0.380 e. The number of thiazole rings is 1. The Hall–Kier alpha value is -0.650. The van der Waals surface area contributed by atoms with Crippen LogP contribution in [0.25, 0.3) is 0 Å². The Morgan fingerprint density at radius 3 is 3.29 bits per heavy atom. The van der Waals surface area contributed by atoms with Crippen LogP contribution in [-0.4, -0.2) is 24.2 Å². The number of hydrogen-bond acceptors (Lipinski definition) is 4. The van der Waals surface area contributed by atoms with Gasteiger partial charge in [-0.2, -0.15) is 0 Å². The van der Waals surface area contributed by atoms with Gasteiger partial charge in [-0.25, -0.2) is 0 Å². The normalized spacial score (nSPS) is 22.4. The third kappa shape index (κ3) is 2.67. The van der Waals surface area contributed by atoms with E-state index in [1.807, 2.05) is 5.38 Å². The molecule has 0 saturated carbocycles. The first-order valence-corrected chi connectivity index (χ1v) is 5.70. The molecule has 14 heavy (non-hydrogen) atoms. The van der Waals surface area contributed by atoms with E-state index in [4.69, 9.17) is 4.74 Å². The van der Waals surface area contributed by atoms with E-state index >= 15 is 0 Å². The SMILES string of the molecule is O=c1[nH]c(CNC2CCCOC2)cs1. The number of hydrogen-bond donors (Lipinski definition) is 2. The molecule has 0 aromatic carbocycles. The molecule has 1 aromatic heterocycles. The molecule has 0 bridgehead atoms. The number of H-pyrrole nitrogens is 1. The molecule has 4 nitrogen and oxygen atoms in total. The molecule has 78 valence electrons. The summed E-state index contributed by atoms with van der Waals surface area (Å²) in [7, 11) is 0. The number of aromatic amines is 1. The zero-order valence-corrected chi connectivity index (χ0v) is 8.73. The van der Waals surface area contributed by atoms with E-state index in [2.05, 4.69) is 10.3 Å². The lowest BCUT2D eigenvalue weighted by molar-refractivity contribution is 0.0698. The molecular weight excluding hydrogens is 200 g/mol. The van der Waals surface area contributed by atoms with Crippen molar-refractivity contribution in [2.24, 2.45) is 0 Å². The van der Waals surface area contributed by atoms with Gasteiger partial charge >= 0.3 is 4.87 Å². The summed E-state index contributed by atoms with van der Waals surface area (Å²) < 4.78 is 5.34. The van der Waals surface area contributed by atoms with Gasteiger partial charge in [0.2, 0.25) is 0 Å². The molecular formula is C9H14N2O2S. The molecule has 1 fully saturated rings. The van der Waals surface area contributed by atoms with Gasteiger partial charge in [0.25, 0.3) is 0 Å². The fourth-order valence-corrected chi connectivity index (χ4v) is 2.14. The fourth-order valence-electron chi connectivity index (χ4n) is 1.56.